The van der Waals surface area contributed by atoms with Gasteiger partial charge in [0.15, 0.2) is 0 Å². The number of carbonyl (C=O) groups is 1. The Morgan fingerprint density at radius 3 is 2.33 bits per heavy atom. The van der Waals surface area contributed by atoms with Gasteiger partial charge in [-0.05, 0) is 43.3 Å². The summed E-state index contributed by atoms with van der Waals surface area (Å²) in [6.45, 7) is 0.169. The Morgan fingerprint density at radius 1 is 1.20 bits per heavy atom. The molecule has 0 radical (unpaired) electrons. The summed E-state index contributed by atoms with van der Waals surface area (Å²) in [6, 6.07) is 0. The van der Waals surface area contributed by atoms with Crippen molar-refractivity contribution >= 4 is 5.97 Å². The Balaban J connectivity index is 2.41. The highest BCUT2D eigenvalue weighted by molar-refractivity contribution is 5.66. The number of allylic oxidation sites excluding steroid dienone is 3. The van der Waals surface area contributed by atoms with Crippen molar-refractivity contribution in [3.05, 3.63) is 23.3 Å². The maximum atomic E-state index is 10.4. The van der Waals surface area contributed by atoms with Crippen molar-refractivity contribution in [3.63, 3.8) is 0 Å². The Kier molecular flexibility index (Phi) is 5.12. The summed E-state index contributed by atoms with van der Waals surface area (Å²) in [5.74, 6) is -0.737. The first-order valence-electron chi connectivity index (χ1n) is 5.45. The molecule has 0 atom stereocenters. The third-order valence-corrected chi connectivity index (χ3v) is 2.58. The summed E-state index contributed by atoms with van der Waals surface area (Å²) < 4.78 is 0. The van der Waals surface area contributed by atoms with Crippen molar-refractivity contribution in [2.75, 3.05) is 6.61 Å². The van der Waals surface area contributed by atoms with E-state index >= 15 is 0 Å². The summed E-state index contributed by atoms with van der Waals surface area (Å²) in [6.07, 6.45) is 8.83. The minimum atomic E-state index is -0.737. The summed E-state index contributed by atoms with van der Waals surface area (Å²) >= 11 is 0. The van der Waals surface area contributed by atoms with Crippen molar-refractivity contribution in [1.82, 2.24) is 0 Å². The van der Waals surface area contributed by atoms with Gasteiger partial charge in [0.2, 0.25) is 0 Å². The predicted molar refractivity (Wildman–Crippen MR) is 58.6 cm³/mol. The molecule has 0 spiro atoms. The topological polar surface area (TPSA) is 57.5 Å². The number of carboxylic acid groups (broad SMARTS) is 1. The third-order valence-electron chi connectivity index (χ3n) is 2.58. The van der Waals surface area contributed by atoms with Gasteiger partial charge < -0.3 is 10.2 Å². The van der Waals surface area contributed by atoms with E-state index in [2.05, 4.69) is 12.2 Å². The van der Waals surface area contributed by atoms with Crippen molar-refractivity contribution in [3.8, 4) is 0 Å². The number of hydrogen-bond donors (Lipinski definition) is 2. The Hall–Kier alpha value is -1.09. The van der Waals surface area contributed by atoms with Gasteiger partial charge in [-0.15, -0.1) is 0 Å². The molecule has 0 fully saturated rings. The first kappa shape index (κ1) is 12.0. The lowest BCUT2D eigenvalue weighted by Crippen LogP contribution is -2.00. The fourth-order valence-electron chi connectivity index (χ4n) is 1.85. The average molecular weight is 210 g/mol. The second-order valence-electron chi connectivity index (χ2n) is 3.76. The molecule has 0 saturated carbocycles. The molecule has 84 valence electrons. The zero-order valence-corrected chi connectivity index (χ0v) is 8.91. The fraction of sp³-hybridized carbons (Fsp3) is 0.583. The number of aliphatic hydroxyl groups excluding tert-OH is 1. The van der Waals surface area contributed by atoms with Crippen LogP contribution >= 0.6 is 0 Å². The molecule has 2 N–H and O–H groups in total. The summed E-state index contributed by atoms with van der Waals surface area (Å²) in [5.41, 5.74) is 2.44. The largest absolute Gasteiger partial charge is 0.481 e. The van der Waals surface area contributed by atoms with Crippen molar-refractivity contribution in [2.24, 2.45) is 0 Å². The lowest BCUT2D eigenvalue weighted by molar-refractivity contribution is -0.137. The van der Waals surface area contributed by atoms with Gasteiger partial charge in [-0.25, -0.2) is 0 Å². The molecule has 3 heteroatoms. The molecule has 0 heterocycles. The number of hydrogen-bond acceptors (Lipinski definition) is 2. The molecule has 0 amide bonds. The SMILES string of the molecule is O=C(O)CCCC1=CCCC=C1CCO. The molecule has 0 bridgehead atoms. The monoisotopic (exact) mass is 210 g/mol. The van der Waals surface area contributed by atoms with E-state index in [1.807, 2.05) is 0 Å². The minimum absolute atomic E-state index is 0.169. The van der Waals surface area contributed by atoms with Crippen LogP contribution in [-0.4, -0.2) is 22.8 Å². The van der Waals surface area contributed by atoms with Crippen LogP contribution in [0.5, 0.6) is 0 Å². The van der Waals surface area contributed by atoms with Gasteiger partial charge in [-0.3, -0.25) is 4.79 Å². The fourth-order valence-corrected chi connectivity index (χ4v) is 1.85. The molecular formula is C12H18O3. The van der Waals surface area contributed by atoms with E-state index in [-0.39, 0.29) is 13.0 Å². The Bertz CT molecular complexity index is 277. The maximum absolute atomic E-state index is 10.4. The number of carboxylic acids is 1. The Labute approximate surface area is 90.1 Å². The zero-order chi connectivity index (χ0) is 11.1. The first-order chi connectivity index (χ1) is 7.24. The zero-order valence-electron chi connectivity index (χ0n) is 8.91. The van der Waals surface area contributed by atoms with Crippen LogP contribution in [0.4, 0.5) is 0 Å². The first-order valence-corrected chi connectivity index (χ1v) is 5.45. The van der Waals surface area contributed by atoms with E-state index in [0.717, 1.165) is 19.3 Å². The second-order valence-corrected chi connectivity index (χ2v) is 3.76. The van der Waals surface area contributed by atoms with Crippen molar-refractivity contribution in [1.29, 1.82) is 0 Å². The van der Waals surface area contributed by atoms with Crippen molar-refractivity contribution < 1.29 is 15.0 Å². The van der Waals surface area contributed by atoms with Gasteiger partial charge in [0.05, 0.1) is 0 Å². The minimum Gasteiger partial charge on any atom is -0.481 e. The molecule has 0 aromatic heterocycles. The third kappa shape index (κ3) is 4.30. The summed E-state index contributed by atoms with van der Waals surface area (Å²) in [4.78, 5) is 10.4. The van der Waals surface area contributed by atoms with E-state index in [1.165, 1.54) is 11.1 Å². The van der Waals surface area contributed by atoms with Crippen LogP contribution in [0.2, 0.25) is 0 Å². The lowest BCUT2D eigenvalue weighted by atomic mass is 9.92. The highest BCUT2D eigenvalue weighted by atomic mass is 16.4. The van der Waals surface area contributed by atoms with Gasteiger partial charge in [0, 0.05) is 13.0 Å². The van der Waals surface area contributed by atoms with E-state index in [4.69, 9.17) is 10.2 Å². The highest BCUT2D eigenvalue weighted by Gasteiger charge is 2.08. The standard InChI is InChI=1S/C12H18O3/c13-9-8-11-5-2-1-4-10(11)6-3-7-12(14)15/h4-5,13H,1-3,6-9H2,(H,14,15). The van der Waals surface area contributed by atoms with Crippen LogP contribution in [0, 0.1) is 0 Å². The smallest absolute Gasteiger partial charge is 0.303 e. The average Bonchev–Trinajstić information content (AvgIpc) is 2.20. The molecular weight excluding hydrogens is 192 g/mol. The lowest BCUT2D eigenvalue weighted by Gasteiger charge is -2.15. The molecule has 0 aromatic carbocycles. The van der Waals surface area contributed by atoms with E-state index < -0.39 is 5.97 Å². The number of rotatable bonds is 6. The van der Waals surface area contributed by atoms with Crippen LogP contribution in [0.15, 0.2) is 23.3 Å². The van der Waals surface area contributed by atoms with Crippen LogP contribution in [0.3, 0.4) is 0 Å². The van der Waals surface area contributed by atoms with E-state index in [1.54, 1.807) is 0 Å². The van der Waals surface area contributed by atoms with Crippen LogP contribution in [-0.2, 0) is 4.79 Å². The summed E-state index contributed by atoms with van der Waals surface area (Å²) in [7, 11) is 0. The van der Waals surface area contributed by atoms with Gasteiger partial charge in [-0.1, -0.05) is 12.2 Å². The maximum Gasteiger partial charge on any atom is 0.303 e. The highest BCUT2D eigenvalue weighted by Crippen LogP contribution is 2.25. The normalized spacial score (nSPS) is 15.8. The Morgan fingerprint density at radius 2 is 1.80 bits per heavy atom. The second kappa shape index (κ2) is 6.40. The molecule has 3 nitrogen and oxygen atoms in total. The number of aliphatic carboxylic acids is 1. The number of aliphatic hydroxyl groups is 1. The van der Waals surface area contributed by atoms with Crippen LogP contribution in [0.1, 0.15) is 38.5 Å². The molecule has 0 aliphatic heterocycles. The van der Waals surface area contributed by atoms with Crippen molar-refractivity contribution in [2.45, 2.75) is 38.5 Å². The molecule has 1 rings (SSSR count). The van der Waals surface area contributed by atoms with Crippen LogP contribution in [0.25, 0.3) is 0 Å². The molecule has 0 unspecified atom stereocenters. The molecule has 15 heavy (non-hydrogen) atoms. The van der Waals surface area contributed by atoms with E-state index in [9.17, 15) is 4.79 Å². The van der Waals surface area contributed by atoms with Gasteiger partial charge >= 0.3 is 5.97 Å². The molecule has 1 aliphatic carbocycles. The molecule has 0 aromatic rings. The molecule has 1 aliphatic rings. The summed E-state index contributed by atoms with van der Waals surface area (Å²) in [5, 5.41) is 17.4. The quantitative estimate of drug-likeness (QED) is 0.707. The van der Waals surface area contributed by atoms with Gasteiger partial charge in [0.1, 0.15) is 0 Å². The van der Waals surface area contributed by atoms with E-state index in [0.29, 0.717) is 12.8 Å². The predicted octanol–water partition coefficient (Wildman–Crippen LogP) is 2.27. The van der Waals surface area contributed by atoms with Gasteiger partial charge in [0.25, 0.3) is 0 Å². The molecule has 0 saturated heterocycles. The van der Waals surface area contributed by atoms with Crippen LogP contribution < -0.4 is 0 Å². The van der Waals surface area contributed by atoms with Gasteiger partial charge in [-0.2, -0.15) is 0 Å².